The molecule has 0 N–H and O–H groups in total. The number of halogens is 1. The maximum atomic E-state index is 13.5. The third-order valence-corrected chi connectivity index (χ3v) is 6.29. The first-order valence-electron chi connectivity index (χ1n) is 10.3. The second-order valence-electron chi connectivity index (χ2n) is 8.85. The minimum atomic E-state index is -0.375. The van der Waals surface area contributed by atoms with E-state index in [0.29, 0.717) is 34.9 Å². The summed E-state index contributed by atoms with van der Waals surface area (Å²) in [6.07, 6.45) is 1.25. The number of benzene rings is 2. The molecule has 0 saturated heterocycles. The van der Waals surface area contributed by atoms with Gasteiger partial charge in [0.1, 0.15) is 0 Å². The molecule has 2 aromatic rings. The van der Waals surface area contributed by atoms with Gasteiger partial charge in [0.25, 0.3) is 0 Å². The number of anilines is 1. The Balaban J connectivity index is 1.93. The number of methoxy groups -OCH3 is 2. The summed E-state index contributed by atoms with van der Waals surface area (Å²) >= 11 is 6.06. The molecule has 0 radical (unpaired) electrons. The van der Waals surface area contributed by atoms with Gasteiger partial charge >= 0.3 is 0 Å². The van der Waals surface area contributed by atoms with Gasteiger partial charge in [-0.15, -0.1) is 0 Å². The maximum absolute atomic E-state index is 13.5. The number of para-hydroxylation sites is 1. The summed E-state index contributed by atoms with van der Waals surface area (Å²) in [6, 6.07) is 12.8. The second kappa shape index (κ2) is 8.04. The van der Waals surface area contributed by atoms with Crippen LogP contribution >= 0.6 is 11.6 Å². The van der Waals surface area contributed by atoms with Crippen LogP contribution in [0.1, 0.15) is 44.6 Å². The van der Waals surface area contributed by atoms with Gasteiger partial charge in [-0.05, 0) is 42.2 Å². The average molecular weight is 440 g/mol. The van der Waals surface area contributed by atoms with Gasteiger partial charge in [-0.25, -0.2) is 0 Å². The monoisotopic (exact) mass is 439 g/mol. The van der Waals surface area contributed by atoms with Crippen LogP contribution in [0.25, 0.3) is 0 Å². The van der Waals surface area contributed by atoms with Gasteiger partial charge in [0.2, 0.25) is 5.91 Å². The van der Waals surface area contributed by atoms with Crippen LogP contribution in [0.2, 0.25) is 5.02 Å². The van der Waals surface area contributed by atoms with Gasteiger partial charge in [0.15, 0.2) is 17.3 Å². The topological polar surface area (TPSA) is 55.8 Å². The minimum absolute atomic E-state index is 0.0542. The van der Waals surface area contributed by atoms with Crippen LogP contribution < -0.4 is 14.4 Å². The fraction of sp³-hybridized carbons (Fsp3) is 0.360. The fourth-order valence-electron chi connectivity index (χ4n) is 4.76. The molecule has 5 nitrogen and oxygen atoms in total. The standard InChI is InChI=1S/C25H26ClNO4/c1-25(2)13-19-23(20(28)14-25)18(17-6-5-7-21(30-3)24(17)31-4)12-22(29)27(19)16-10-8-15(26)9-11-16/h5-11,18H,12-14H2,1-4H3/t18-/m0/s1. The Kier molecular flexibility index (Phi) is 5.56. The number of rotatable bonds is 4. The van der Waals surface area contributed by atoms with Gasteiger partial charge in [-0.1, -0.05) is 37.6 Å². The molecule has 1 aliphatic carbocycles. The van der Waals surface area contributed by atoms with Gasteiger partial charge in [0.05, 0.1) is 14.2 Å². The van der Waals surface area contributed by atoms with Crippen molar-refractivity contribution in [1.29, 1.82) is 0 Å². The summed E-state index contributed by atoms with van der Waals surface area (Å²) in [5.41, 5.74) is 2.76. The highest BCUT2D eigenvalue weighted by molar-refractivity contribution is 6.30. The molecule has 1 amide bonds. The number of Topliss-reactive ketones (excluding diaryl/α,β-unsaturated/α-hetero) is 1. The lowest BCUT2D eigenvalue weighted by Gasteiger charge is -2.43. The van der Waals surface area contributed by atoms with E-state index in [1.807, 2.05) is 30.3 Å². The van der Waals surface area contributed by atoms with Crippen molar-refractivity contribution in [3.05, 3.63) is 64.3 Å². The number of carbonyl (C=O) groups excluding carboxylic acids is 2. The highest BCUT2D eigenvalue weighted by atomic mass is 35.5. The van der Waals surface area contributed by atoms with Gasteiger partial charge in [0, 0.05) is 46.3 Å². The van der Waals surface area contributed by atoms with E-state index in [0.717, 1.165) is 16.9 Å². The number of ether oxygens (including phenoxy) is 2. The summed E-state index contributed by atoms with van der Waals surface area (Å²) in [7, 11) is 3.15. The molecule has 0 aromatic heterocycles. The molecule has 162 valence electrons. The molecule has 1 heterocycles. The molecular weight excluding hydrogens is 414 g/mol. The van der Waals surface area contributed by atoms with Crippen molar-refractivity contribution in [2.75, 3.05) is 19.1 Å². The third kappa shape index (κ3) is 3.83. The third-order valence-electron chi connectivity index (χ3n) is 6.04. The van der Waals surface area contributed by atoms with Gasteiger partial charge < -0.3 is 9.47 Å². The summed E-state index contributed by atoms with van der Waals surface area (Å²) in [6.45, 7) is 4.13. The maximum Gasteiger partial charge on any atom is 0.232 e. The van der Waals surface area contributed by atoms with Crippen LogP contribution in [0.15, 0.2) is 53.7 Å². The normalized spacial score (nSPS) is 20.5. The van der Waals surface area contributed by atoms with Crippen LogP contribution in [-0.2, 0) is 9.59 Å². The lowest BCUT2D eigenvalue weighted by Crippen LogP contribution is -2.43. The Labute approximate surface area is 187 Å². The Bertz CT molecular complexity index is 1070. The first kappa shape index (κ1) is 21.4. The molecule has 0 bridgehead atoms. The first-order chi connectivity index (χ1) is 14.8. The molecule has 6 heteroatoms. The predicted octanol–water partition coefficient (Wildman–Crippen LogP) is 5.52. The molecular formula is C25H26ClNO4. The molecule has 0 fully saturated rings. The Morgan fingerprint density at radius 3 is 2.35 bits per heavy atom. The predicted molar refractivity (Wildman–Crippen MR) is 121 cm³/mol. The van der Waals surface area contributed by atoms with Crippen molar-refractivity contribution in [2.24, 2.45) is 5.41 Å². The summed E-state index contributed by atoms with van der Waals surface area (Å²) in [5, 5.41) is 0.599. The SMILES string of the molecule is COc1cccc([C@@H]2CC(=O)N(c3ccc(Cl)cc3)C3=C2C(=O)CC(C)(C)C3)c1OC. The zero-order valence-corrected chi connectivity index (χ0v) is 19.0. The van der Waals surface area contributed by atoms with Crippen LogP contribution in [-0.4, -0.2) is 25.9 Å². The van der Waals surface area contributed by atoms with Crippen molar-refractivity contribution < 1.29 is 19.1 Å². The number of hydrogen-bond donors (Lipinski definition) is 0. The van der Waals surface area contributed by atoms with E-state index < -0.39 is 0 Å². The van der Waals surface area contributed by atoms with E-state index in [1.54, 1.807) is 31.3 Å². The number of carbonyl (C=O) groups is 2. The van der Waals surface area contributed by atoms with Crippen LogP contribution in [0.3, 0.4) is 0 Å². The summed E-state index contributed by atoms with van der Waals surface area (Å²) in [5.74, 6) is 0.791. The van der Waals surface area contributed by atoms with Crippen molar-refractivity contribution in [2.45, 2.75) is 39.0 Å². The Hall–Kier alpha value is -2.79. The number of allylic oxidation sites excluding steroid dienone is 2. The zero-order chi connectivity index (χ0) is 22.3. The molecule has 1 atom stereocenters. The number of nitrogens with zero attached hydrogens (tertiary/aromatic N) is 1. The van der Waals surface area contributed by atoms with Gasteiger partial charge in [-0.2, -0.15) is 0 Å². The number of amides is 1. The van der Waals surface area contributed by atoms with Crippen LogP contribution in [0.5, 0.6) is 11.5 Å². The van der Waals surface area contributed by atoms with Crippen molar-refractivity contribution in [1.82, 2.24) is 0 Å². The van der Waals surface area contributed by atoms with E-state index in [2.05, 4.69) is 13.8 Å². The minimum Gasteiger partial charge on any atom is -0.493 e. The molecule has 0 saturated carbocycles. The highest BCUT2D eigenvalue weighted by Crippen LogP contribution is 2.50. The molecule has 4 rings (SSSR count). The highest BCUT2D eigenvalue weighted by Gasteiger charge is 2.45. The lowest BCUT2D eigenvalue weighted by molar-refractivity contribution is -0.121. The largest absolute Gasteiger partial charge is 0.493 e. The quantitative estimate of drug-likeness (QED) is 0.629. The average Bonchev–Trinajstić information content (AvgIpc) is 2.72. The Morgan fingerprint density at radius 2 is 1.71 bits per heavy atom. The van der Waals surface area contributed by atoms with Gasteiger partial charge in [-0.3, -0.25) is 14.5 Å². The lowest BCUT2D eigenvalue weighted by atomic mass is 9.69. The number of ketones is 1. The van der Waals surface area contributed by atoms with Crippen molar-refractivity contribution >= 4 is 29.0 Å². The van der Waals surface area contributed by atoms with E-state index in [4.69, 9.17) is 21.1 Å². The van der Waals surface area contributed by atoms with E-state index in [-0.39, 0.29) is 29.4 Å². The van der Waals surface area contributed by atoms with E-state index in [1.165, 1.54) is 0 Å². The van der Waals surface area contributed by atoms with Crippen LogP contribution in [0.4, 0.5) is 5.69 Å². The molecule has 2 aliphatic rings. The molecule has 1 aliphatic heterocycles. The Morgan fingerprint density at radius 1 is 1.00 bits per heavy atom. The molecule has 2 aromatic carbocycles. The smallest absolute Gasteiger partial charge is 0.232 e. The van der Waals surface area contributed by atoms with Crippen LogP contribution in [0, 0.1) is 5.41 Å². The molecule has 31 heavy (non-hydrogen) atoms. The van der Waals surface area contributed by atoms with Crippen molar-refractivity contribution in [3.8, 4) is 11.5 Å². The summed E-state index contributed by atoms with van der Waals surface area (Å²) in [4.78, 5) is 28.6. The van der Waals surface area contributed by atoms with Crippen molar-refractivity contribution in [3.63, 3.8) is 0 Å². The number of hydrogen-bond acceptors (Lipinski definition) is 4. The summed E-state index contributed by atoms with van der Waals surface area (Å²) < 4.78 is 11.1. The second-order valence-corrected chi connectivity index (χ2v) is 9.28. The van der Waals surface area contributed by atoms with E-state index in [9.17, 15) is 9.59 Å². The van der Waals surface area contributed by atoms with E-state index >= 15 is 0 Å². The molecule has 0 spiro atoms. The fourth-order valence-corrected chi connectivity index (χ4v) is 4.88. The zero-order valence-electron chi connectivity index (χ0n) is 18.2. The molecule has 0 unspecified atom stereocenters. The first-order valence-corrected chi connectivity index (χ1v) is 10.7.